The Bertz CT molecular complexity index is 927. The number of thioether (sulfide) groups is 1. The molecule has 3 rings (SSSR count). The lowest BCUT2D eigenvalue weighted by atomic mass is 10.0. The van der Waals surface area contributed by atoms with E-state index >= 15 is 0 Å². The van der Waals surface area contributed by atoms with Gasteiger partial charge in [0, 0.05) is 31.4 Å². The maximum absolute atomic E-state index is 13.0. The van der Waals surface area contributed by atoms with E-state index in [0.29, 0.717) is 39.1 Å². The van der Waals surface area contributed by atoms with E-state index in [1.54, 1.807) is 29.0 Å². The first-order valence-corrected chi connectivity index (χ1v) is 12.5. The van der Waals surface area contributed by atoms with Gasteiger partial charge in [-0.05, 0) is 51.1 Å². The van der Waals surface area contributed by atoms with Gasteiger partial charge in [-0.3, -0.25) is 9.59 Å². The van der Waals surface area contributed by atoms with Crippen LogP contribution in [0.25, 0.3) is 0 Å². The molecule has 3 atom stereocenters. The average Bonchev–Trinajstić information content (AvgIpc) is 3.15. The molecule has 3 amide bonds. The van der Waals surface area contributed by atoms with E-state index in [-0.39, 0.29) is 23.9 Å². The number of nitrogens with zero attached hydrogens (tertiary/aromatic N) is 3. The Hall–Kier alpha value is -3.19. The number of nitrogens with one attached hydrogen (secondary N) is 2. The molecule has 0 aliphatic carbocycles. The van der Waals surface area contributed by atoms with Crippen LogP contribution >= 0.6 is 11.8 Å². The van der Waals surface area contributed by atoms with Crippen LogP contribution in [0.4, 0.5) is 10.5 Å². The number of carbonyl (C=O) groups excluding carboxylic acids is 3. The predicted molar refractivity (Wildman–Crippen MR) is 131 cm³/mol. The number of anilines is 1. The number of benzene rings is 1. The van der Waals surface area contributed by atoms with Gasteiger partial charge in [0.2, 0.25) is 11.8 Å². The van der Waals surface area contributed by atoms with Crippen LogP contribution in [0.2, 0.25) is 0 Å². The molecule has 10 heteroatoms. The number of piperidine rings is 1. The minimum Gasteiger partial charge on any atom is -0.450 e. The number of amides is 3. The Morgan fingerprint density at radius 3 is 2.59 bits per heavy atom. The number of rotatable bonds is 8. The number of hydrogen-bond donors (Lipinski definition) is 2. The minimum absolute atomic E-state index is 0.112. The average molecular weight is 486 g/mol. The Labute approximate surface area is 204 Å². The van der Waals surface area contributed by atoms with E-state index in [4.69, 9.17) is 4.74 Å². The summed E-state index contributed by atoms with van der Waals surface area (Å²) < 4.78 is 5.02. The molecule has 2 fully saturated rings. The summed E-state index contributed by atoms with van der Waals surface area (Å²) >= 11 is 1.32. The Morgan fingerprint density at radius 1 is 1.26 bits per heavy atom. The predicted octanol–water partition coefficient (Wildman–Crippen LogP) is 2.78. The summed E-state index contributed by atoms with van der Waals surface area (Å²) in [4.78, 5) is 41.0. The Balaban J connectivity index is 1.58. The normalized spacial score (nSPS) is 21.9. The summed E-state index contributed by atoms with van der Waals surface area (Å²) in [5.74, 6) is -1.48. The SMILES string of the molecule is CCOC(=O)N1CCC(NC(=O)C(C#N)C2SC(C=CNc3ccccc3)C(=O)N2CC)CC1. The van der Waals surface area contributed by atoms with Crippen molar-refractivity contribution in [2.45, 2.75) is 43.4 Å². The summed E-state index contributed by atoms with van der Waals surface area (Å²) in [7, 11) is 0. The van der Waals surface area contributed by atoms with Crippen molar-refractivity contribution in [3.05, 3.63) is 42.6 Å². The van der Waals surface area contributed by atoms with Crippen LogP contribution in [0.3, 0.4) is 0 Å². The van der Waals surface area contributed by atoms with Crippen LogP contribution in [0.1, 0.15) is 26.7 Å². The van der Waals surface area contributed by atoms with Crippen LogP contribution in [0, 0.1) is 17.2 Å². The Kier molecular flexibility index (Phi) is 9.22. The lowest BCUT2D eigenvalue weighted by Gasteiger charge is -2.32. The van der Waals surface area contributed by atoms with E-state index in [1.165, 1.54) is 11.8 Å². The highest BCUT2D eigenvalue weighted by atomic mass is 32.2. The smallest absolute Gasteiger partial charge is 0.409 e. The number of nitriles is 1. The molecule has 0 bridgehead atoms. The molecule has 0 saturated carbocycles. The second kappa shape index (κ2) is 12.3. The standard InChI is InChI=1S/C24H31N5O4S/c1-3-29-22(31)20(10-13-26-17-8-6-5-7-9-17)34-23(29)19(16-25)21(30)27-18-11-14-28(15-12-18)24(32)33-4-2/h5-10,13,18-20,23,26H,3-4,11-12,14-15H2,1-2H3,(H,27,30). The third-order valence-electron chi connectivity index (χ3n) is 5.83. The summed E-state index contributed by atoms with van der Waals surface area (Å²) in [5.41, 5.74) is 0.904. The minimum atomic E-state index is -0.988. The molecule has 1 aromatic rings. The van der Waals surface area contributed by atoms with Crippen molar-refractivity contribution < 1.29 is 19.1 Å². The number of para-hydroxylation sites is 1. The van der Waals surface area contributed by atoms with E-state index in [2.05, 4.69) is 16.7 Å². The fraction of sp³-hybridized carbons (Fsp3) is 0.500. The van der Waals surface area contributed by atoms with Gasteiger partial charge >= 0.3 is 6.09 Å². The monoisotopic (exact) mass is 485 g/mol. The molecular formula is C24H31N5O4S. The fourth-order valence-electron chi connectivity index (χ4n) is 4.02. The van der Waals surface area contributed by atoms with Crippen molar-refractivity contribution in [1.82, 2.24) is 15.1 Å². The van der Waals surface area contributed by atoms with Gasteiger partial charge in [-0.1, -0.05) is 18.2 Å². The molecule has 3 unspecified atom stereocenters. The fourth-order valence-corrected chi connectivity index (χ4v) is 5.49. The molecule has 2 saturated heterocycles. The zero-order chi connectivity index (χ0) is 24.5. The summed E-state index contributed by atoms with van der Waals surface area (Å²) in [6.45, 7) is 5.32. The maximum Gasteiger partial charge on any atom is 0.409 e. The molecule has 182 valence electrons. The zero-order valence-electron chi connectivity index (χ0n) is 19.5. The molecular weight excluding hydrogens is 454 g/mol. The molecule has 1 aromatic carbocycles. The highest BCUT2D eigenvalue weighted by Crippen LogP contribution is 2.37. The van der Waals surface area contributed by atoms with Gasteiger partial charge in [0.1, 0.15) is 10.6 Å². The highest BCUT2D eigenvalue weighted by molar-refractivity contribution is 8.01. The van der Waals surface area contributed by atoms with Gasteiger partial charge < -0.3 is 25.2 Å². The van der Waals surface area contributed by atoms with Crippen LogP contribution in [0.5, 0.6) is 0 Å². The second-order valence-corrected chi connectivity index (χ2v) is 9.28. The first-order chi connectivity index (χ1) is 16.5. The number of likely N-dealkylation sites (tertiary alicyclic amines) is 1. The van der Waals surface area contributed by atoms with Crippen molar-refractivity contribution in [2.75, 3.05) is 31.6 Å². The molecule has 0 aromatic heterocycles. The van der Waals surface area contributed by atoms with Crippen LogP contribution in [-0.2, 0) is 14.3 Å². The summed E-state index contributed by atoms with van der Waals surface area (Å²) in [6.07, 6.45) is 4.32. The molecule has 2 heterocycles. The largest absolute Gasteiger partial charge is 0.450 e. The van der Waals surface area contributed by atoms with Crippen LogP contribution in [0.15, 0.2) is 42.6 Å². The van der Waals surface area contributed by atoms with Gasteiger partial charge in [0.25, 0.3) is 0 Å². The van der Waals surface area contributed by atoms with Gasteiger partial charge in [0.15, 0.2) is 5.92 Å². The molecule has 2 N–H and O–H groups in total. The van der Waals surface area contributed by atoms with E-state index in [0.717, 1.165) is 5.69 Å². The molecule has 0 spiro atoms. The zero-order valence-corrected chi connectivity index (χ0v) is 20.3. The van der Waals surface area contributed by atoms with Crippen LogP contribution in [-0.4, -0.2) is 70.6 Å². The number of hydrogen-bond acceptors (Lipinski definition) is 7. The first-order valence-electron chi connectivity index (χ1n) is 11.5. The summed E-state index contributed by atoms with van der Waals surface area (Å²) in [5, 5.41) is 14.9. The lowest BCUT2D eigenvalue weighted by molar-refractivity contribution is -0.131. The van der Waals surface area contributed by atoms with Gasteiger partial charge in [-0.2, -0.15) is 5.26 Å². The van der Waals surface area contributed by atoms with E-state index in [1.807, 2.05) is 37.3 Å². The van der Waals surface area contributed by atoms with E-state index < -0.39 is 16.5 Å². The Morgan fingerprint density at radius 2 is 1.97 bits per heavy atom. The highest BCUT2D eigenvalue weighted by Gasteiger charge is 2.45. The van der Waals surface area contributed by atoms with Crippen molar-refractivity contribution in [1.29, 1.82) is 5.26 Å². The summed E-state index contributed by atoms with van der Waals surface area (Å²) in [6, 6.07) is 11.6. The van der Waals surface area contributed by atoms with Crippen molar-refractivity contribution in [3.8, 4) is 6.07 Å². The number of ether oxygens (including phenoxy) is 1. The van der Waals surface area contributed by atoms with Crippen molar-refractivity contribution in [2.24, 2.45) is 5.92 Å². The second-order valence-electron chi connectivity index (χ2n) is 8.02. The van der Waals surface area contributed by atoms with Gasteiger partial charge in [-0.15, -0.1) is 11.8 Å². The third-order valence-corrected chi connectivity index (χ3v) is 7.29. The topological polar surface area (TPSA) is 115 Å². The molecule has 9 nitrogen and oxygen atoms in total. The molecule has 34 heavy (non-hydrogen) atoms. The van der Waals surface area contributed by atoms with Gasteiger partial charge in [-0.25, -0.2) is 4.79 Å². The third kappa shape index (κ3) is 6.23. The van der Waals surface area contributed by atoms with Crippen molar-refractivity contribution in [3.63, 3.8) is 0 Å². The quantitative estimate of drug-likeness (QED) is 0.582. The molecule has 0 radical (unpaired) electrons. The van der Waals surface area contributed by atoms with E-state index in [9.17, 15) is 19.6 Å². The maximum atomic E-state index is 13.0. The van der Waals surface area contributed by atoms with Crippen LogP contribution < -0.4 is 10.6 Å². The lowest BCUT2D eigenvalue weighted by Crippen LogP contribution is -2.50. The van der Waals surface area contributed by atoms with Crippen molar-refractivity contribution >= 4 is 35.4 Å². The number of carbonyl (C=O) groups is 3. The first kappa shape index (κ1) is 25.4. The van der Waals surface area contributed by atoms with Gasteiger partial charge in [0.05, 0.1) is 12.7 Å². The molecule has 2 aliphatic rings. The molecule has 2 aliphatic heterocycles.